The zero-order valence-corrected chi connectivity index (χ0v) is 15.0. The Balaban J connectivity index is 1.70. The van der Waals surface area contributed by atoms with Gasteiger partial charge in [0.2, 0.25) is 0 Å². The smallest absolute Gasteiger partial charge is 0.273 e. The summed E-state index contributed by atoms with van der Waals surface area (Å²) < 4.78 is 0. The predicted molar refractivity (Wildman–Crippen MR) is 101 cm³/mol. The van der Waals surface area contributed by atoms with E-state index in [0.29, 0.717) is 6.54 Å². The molecule has 2 aromatic rings. The van der Waals surface area contributed by atoms with Crippen molar-refractivity contribution in [3.05, 3.63) is 71.3 Å². The van der Waals surface area contributed by atoms with Crippen molar-refractivity contribution in [3.8, 4) is 0 Å². The molecule has 0 aromatic heterocycles. The van der Waals surface area contributed by atoms with Crippen LogP contribution in [0.3, 0.4) is 0 Å². The van der Waals surface area contributed by atoms with Gasteiger partial charge in [-0.15, -0.1) is 0 Å². The average molecular weight is 366 g/mol. The summed E-state index contributed by atoms with van der Waals surface area (Å²) in [5, 5.41) is 19.5. The number of benzene rings is 2. The summed E-state index contributed by atoms with van der Waals surface area (Å²) in [5.41, 5.74) is 3.05. The number of amides is 2. The van der Waals surface area contributed by atoms with Gasteiger partial charge in [-0.05, 0) is 23.6 Å². The second-order valence-corrected chi connectivity index (χ2v) is 6.62. The van der Waals surface area contributed by atoms with Gasteiger partial charge in [-0.2, -0.15) is 5.06 Å². The van der Waals surface area contributed by atoms with Crippen LogP contribution in [0.2, 0.25) is 0 Å². The van der Waals surface area contributed by atoms with Crippen LogP contribution >= 0.6 is 0 Å². The molecule has 0 unspecified atom stereocenters. The predicted octanol–water partition coefficient (Wildman–Crippen LogP) is 2.17. The molecule has 1 aliphatic rings. The van der Waals surface area contributed by atoms with Crippen LogP contribution in [0, 0.1) is 0 Å². The lowest BCUT2D eigenvalue weighted by atomic mass is 10.0. The maximum atomic E-state index is 12.1. The van der Waals surface area contributed by atoms with E-state index in [2.05, 4.69) is 0 Å². The van der Waals surface area contributed by atoms with Gasteiger partial charge in [-0.25, -0.2) is 0 Å². The highest BCUT2D eigenvalue weighted by Gasteiger charge is 2.41. The van der Waals surface area contributed by atoms with E-state index in [1.165, 1.54) is 6.92 Å². The number of piperazine rings is 1. The van der Waals surface area contributed by atoms with Crippen molar-refractivity contribution in [2.75, 3.05) is 6.54 Å². The van der Waals surface area contributed by atoms with Gasteiger partial charge in [0.25, 0.3) is 11.8 Å². The van der Waals surface area contributed by atoms with E-state index >= 15 is 0 Å². The van der Waals surface area contributed by atoms with Gasteiger partial charge in [0.05, 0.1) is 12.6 Å². The molecule has 0 bridgehead atoms. The molecule has 0 radical (unpaired) electrons. The Morgan fingerprint density at radius 2 is 1.63 bits per heavy atom. The Labute approximate surface area is 157 Å². The number of hydrogen-bond acceptors (Lipinski definition) is 5. The first-order valence-corrected chi connectivity index (χ1v) is 8.75. The Morgan fingerprint density at radius 1 is 1.04 bits per heavy atom. The summed E-state index contributed by atoms with van der Waals surface area (Å²) in [6.07, 6.45) is 3.03. The highest BCUT2D eigenvalue weighted by Crippen LogP contribution is 2.19. The second kappa shape index (κ2) is 8.26. The molecular formula is C21H22N2O4. The quantitative estimate of drug-likeness (QED) is 0.482. The normalized spacial score (nSPS) is 19.7. The topological polar surface area (TPSA) is 81.1 Å². The Morgan fingerprint density at radius 3 is 2.22 bits per heavy atom. The molecule has 1 saturated heterocycles. The number of hydroxylamine groups is 2. The second-order valence-electron chi connectivity index (χ2n) is 6.62. The van der Waals surface area contributed by atoms with Crippen LogP contribution in [0.4, 0.5) is 0 Å². The molecular weight excluding hydrogens is 344 g/mol. The first-order chi connectivity index (χ1) is 13.0. The van der Waals surface area contributed by atoms with Gasteiger partial charge in [0.15, 0.2) is 0 Å². The van der Waals surface area contributed by atoms with E-state index in [1.54, 1.807) is 4.90 Å². The molecule has 1 fully saturated rings. The van der Waals surface area contributed by atoms with Crippen molar-refractivity contribution in [2.24, 2.45) is 0 Å². The number of carbonyl (C=O) groups is 2. The number of imide groups is 1. The highest BCUT2D eigenvalue weighted by molar-refractivity contribution is 6.00. The van der Waals surface area contributed by atoms with E-state index in [9.17, 15) is 19.9 Å². The minimum atomic E-state index is -1.01. The molecule has 2 aromatic carbocycles. The molecule has 0 saturated carbocycles. The third kappa shape index (κ3) is 4.49. The number of nitrogens with zero attached hydrogens (tertiary/aromatic N) is 2. The lowest BCUT2D eigenvalue weighted by Gasteiger charge is -2.37. The maximum absolute atomic E-state index is 12.1. The van der Waals surface area contributed by atoms with E-state index in [1.807, 2.05) is 66.7 Å². The van der Waals surface area contributed by atoms with E-state index < -0.39 is 24.0 Å². The molecule has 1 aliphatic heterocycles. The van der Waals surface area contributed by atoms with Gasteiger partial charge in [0, 0.05) is 6.54 Å². The van der Waals surface area contributed by atoms with Crippen molar-refractivity contribution >= 4 is 24.0 Å². The molecule has 1 heterocycles. The molecule has 6 heteroatoms. The Hall–Kier alpha value is -2.80. The van der Waals surface area contributed by atoms with Crippen LogP contribution < -0.4 is 0 Å². The Kier molecular flexibility index (Phi) is 5.81. The van der Waals surface area contributed by atoms with E-state index in [-0.39, 0.29) is 11.6 Å². The lowest BCUT2D eigenvalue weighted by molar-refractivity contribution is -0.195. The first kappa shape index (κ1) is 19.0. The van der Waals surface area contributed by atoms with E-state index in [0.717, 1.165) is 16.7 Å². The van der Waals surface area contributed by atoms with Crippen LogP contribution in [0.25, 0.3) is 12.2 Å². The fourth-order valence-electron chi connectivity index (χ4n) is 3.13. The molecule has 2 amide bonds. The average Bonchev–Trinajstić information content (AvgIpc) is 2.66. The van der Waals surface area contributed by atoms with Crippen molar-refractivity contribution in [3.63, 3.8) is 0 Å². The molecule has 6 nitrogen and oxygen atoms in total. The summed E-state index contributed by atoms with van der Waals surface area (Å²) in [6, 6.07) is 16.8. The number of carbonyl (C=O) groups excluding carboxylic acids is 2. The number of hydrogen-bond donors (Lipinski definition) is 2. The van der Waals surface area contributed by atoms with Crippen LogP contribution in [0.15, 0.2) is 54.6 Å². The fraction of sp³-hybridized carbons (Fsp3) is 0.238. The zero-order valence-electron chi connectivity index (χ0n) is 15.0. The van der Waals surface area contributed by atoms with Crippen LogP contribution in [-0.4, -0.2) is 50.8 Å². The Bertz CT molecular complexity index is 831. The molecule has 0 spiro atoms. The molecule has 0 aliphatic carbocycles. The van der Waals surface area contributed by atoms with E-state index in [4.69, 9.17) is 0 Å². The summed E-state index contributed by atoms with van der Waals surface area (Å²) >= 11 is 0. The summed E-state index contributed by atoms with van der Waals surface area (Å²) in [4.78, 5) is 25.4. The minimum Gasteiger partial charge on any atom is -0.391 e. The number of aliphatic hydroxyl groups is 1. The fourth-order valence-corrected chi connectivity index (χ4v) is 3.13. The van der Waals surface area contributed by atoms with Gasteiger partial charge in [-0.3, -0.25) is 19.7 Å². The molecule has 3 rings (SSSR count). The SMILES string of the molecule is C[C@@H](O)[C@H]1C(=O)N(O)C(=O)CN1Cc1ccc(/C=C/c2ccccc2)cc1. The molecule has 2 N–H and O–H groups in total. The van der Waals surface area contributed by atoms with Crippen molar-refractivity contribution < 1.29 is 19.9 Å². The number of aliphatic hydroxyl groups excluding tert-OH is 1. The third-order valence-electron chi connectivity index (χ3n) is 4.52. The molecule has 140 valence electrons. The third-order valence-corrected chi connectivity index (χ3v) is 4.52. The van der Waals surface area contributed by atoms with Gasteiger partial charge in [0.1, 0.15) is 6.04 Å². The van der Waals surface area contributed by atoms with Crippen molar-refractivity contribution in [1.82, 2.24) is 9.96 Å². The molecule has 27 heavy (non-hydrogen) atoms. The standard InChI is InChI=1S/C21H22N2O4/c1-15(24)20-21(26)23(27)19(25)14-22(20)13-18-11-9-17(10-12-18)8-7-16-5-3-2-4-6-16/h2-12,15,20,24,27H,13-14H2,1H3/b8-7+/t15-,20+/m1/s1. The zero-order chi connectivity index (χ0) is 19.4. The number of rotatable bonds is 5. The van der Waals surface area contributed by atoms with Crippen molar-refractivity contribution in [1.29, 1.82) is 0 Å². The summed E-state index contributed by atoms with van der Waals surface area (Å²) in [5.74, 6) is -1.50. The first-order valence-electron chi connectivity index (χ1n) is 8.75. The molecule has 2 atom stereocenters. The van der Waals surface area contributed by atoms with Gasteiger partial charge >= 0.3 is 0 Å². The monoisotopic (exact) mass is 366 g/mol. The van der Waals surface area contributed by atoms with Gasteiger partial charge < -0.3 is 5.11 Å². The van der Waals surface area contributed by atoms with Crippen LogP contribution in [-0.2, 0) is 16.1 Å². The summed E-state index contributed by atoms with van der Waals surface area (Å²) in [7, 11) is 0. The summed E-state index contributed by atoms with van der Waals surface area (Å²) in [6.45, 7) is 1.66. The van der Waals surface area contributed by atoms with Gasteiger partial charge in [-0.1, -0.05) is 66.7 Å². The van der Waals surface area contributed by atoms with Crippen LogP contribution in [0.1, 0.15) is 23.6 Å². The maximum Gasteiger partial charge on any atom is 0.273 e. The largest absolute Gasteiger partial charge is 0.391 e. The van der Waals surface area contributed by atoms with Crippen LogP contribution in [0.5, 0.6) is 0 Å². The highest BCUT2D eigenvalue weighted by atomic mass is 16.5. The minimum absolute atomic E-state index is 0.103. The van der Waals surface area contributed by atoms with Crippen molar-refractivity contribution in [2.45, 2.75) is 25.6 Å². The lowest BCUT2D eigenvalue weighted by Crippen LogP contribution is -2.61.